The number of hydrogen-bond acceptors (Lipinski definition) is 2. The van der Waals surface area contributed by atoms with Gasteiger partial charge in [0.15, 0.2) is 0 Å². The fourth-order valence-corrected chi connectivity index (χ4v) is 8.07. The molecule has 1 saturated carbocycles. The average molecular weight is 340 g/mol. The zero-order chi connectivity index (χ0) is 15.2. The van der Waals surface area contributed by atoms with Crippen molar-refractivity contribution in [3.63, 3.8) is 0 Å². The van der Waals surface area contributed by atoms with Crippen LogP contribution in [0, 0.1) is 17.8 Å². The van der Waals surface area contributed by atoms with Crippen LogP contribution in [0.15, 0.2) is 0 Å². The Morgan fingerprint density at radius 1 is 0.727 bits per heavy atom. The van der Waals surface area contributed by atoms with E-state index < -0.39 is 0 Å². The Labute approximate surface area is 147 Å². The lowest BCUT2D eigenvalue weighted by atomic mass is 9.74. The van der Waals surface area contributed by atoms with E-state index in [-0.39, 0.29) is 0 Å². The van der Waals surface area contributed by atoms with Gasteiger partial charge in [-0.1, -0.05) is 45.4 Å². The van der Waals surface area contributed by atoms with Crippen LogP contribution in [0.3, 0.4) is 0 Å². The van der Waals surface area contributed by atoms with Gasteiger partial charge in [-0.3, -0.25) is 0 Å². The highest BCUT2D eigenvalue weighted by molar-refractivity contribution is 8.00. The van der Waals surface area contributed by atoms with E-state index in [0.717, 1.165) is 22.3 Å². The molecule has 127 valence electrons. The molecule has 0 aromatic carbocycles. The molecule has 0 N–H and O–H groups in total. The Morgan fingerprint density at radius 2 is 1.45 bits per heavy atom. The molecule has 0 bridgehead atoms. The van der Waals surface area contributed by atoms with Gasteiger partial charge in [0.25, 0.3) is 0 Å². The first kappa shape index (κ1) is 17.5. The third-order valence-corrected chi connectivity index (χ3v) is 9.27. The van der Waals surface area contributed by atoms with Crippen LogP contribution >= 0.6 is 23.5 Å². The minimum Gasteiger partial charge on any atom is -0.158 e. The Balaban J connectivity index is 1.70. The molecular weight excluding hydrogens is 304 g/mol. The Hall–Kier alpha value is 0.700. The Morgan fingerprint density at radius 3 is 2.18 bits per heavy atom. The van der Waals surface area contributed by atoms with Gasteiger partial charge in [0.05, 0.1) is 0 Å². The van der Waals surface area contributed by atoms with Crippen LogP contribution in [0.25, 0.3) is 0 Å². The van der Waals surface area contributed by atoms with E-state index in [1.54, 1.807) is 0 Å². The van der Waals surface area contributed by atoms with Gasteiger partial charge in [-0.25, -0.2) is 0 Å². The first-order valence-corrected chi connectivity index (χ1v) is 12.0. The van der Waals surface area contributed by atoms with Crippen molar-refractivity contribution in [3.05, 3.63) is 5.92 Å². The lowest BCUT2D eigenvalue weighted by Crippen LogP contribution is -2.34. The number of hydrogen-bond donors (Lipinski definition) is 0. The molecule has 2 saturated heterocycles. The van der Waals surface area contributed by atoms with E-state index in [2.05, 4.69) is 30.4 Å². The van der Waals surface area contributed by atoms with Crippen LogP contribution < -0.4 is 0 Å². The molecule has 0 spiro atoms. The smallest absolute Gasteiger partial charge is 0.0112 e. The Kier molecular flexibility index (Phi) is 7.37. The van der Waals surface area contributed by atoms with Crippen LogP contribution in [-0.4, -0.2) is 22.0 Å². The van der Waals surface area contributed by atoms with E-state index in [9.17, 15) is 0 Å². The van der Waals surface area contributed by atoms with Crippen LogP contribution in [0.1, 0.15) is 84.0 Å². The lowest BCUT2D eigenvalue weighted by Gasteiger charge is -2.41. The average Bonchev–Trinajstić information content (AvgIpc) is 2.67. The van der Waals surface area contributed by atoms with E-state index in [0.29, 0.717) is 0 Å². The molecule has 3 fully saturated rings. The highest BCUT2D eigenvalue weighted by atomic mass is 32.2. The van der Waals surface area contributed by atoms with Crippen molar-refractivity contribution in [2.75, 3.05) is 11.5 Å². The standard InChI is InChI=1S/C20H35S2/c1-16-17(19-12-6-8-14-21-19)10-4-2-3-5-11-18(16)20-13-7-9-15-22-20/h16-17,19-20H,2-15H2,1H3. The summed E-state index contributed by atoms with van der Waals surface area (Å²) >= 11 is 4.63. The maximum absolute atomic E-state index is 2.62. The van der Waals surface area contributed by atoms with Gasteiger partial charge in [-0.15, -0.1) is 0 Å². The second-order valence-electron chi connectivity index (χ2n) is 7.74. The quantitative estimate of drug-likeness (QED) is 0.546. The largest absolute Gasteiger partial charge is 0.158 e. The molecule has 1 radical (unpaired) electrons. The van der Waals surface area contributed by atoms with Crippen LogP contribution in [0.2, 0.25) is 0 Å². The first-order valence-electron chi connectivity index (χ1n) is 9.95. The molecule has 2 aliphatic heterocycles. The zero-order valence-electron chi connectivity index (χ0n) is 14.5. The monoisotopic (exact) mass is 339 g/mol. The summed E-state index contributed by atoms with van der Waals surface area (Å²) in [6.07, 6.45) is 17.8. The van der Waals surface area contributed by atoms with Gasteiger partial charge in [0, 0.05) is 10.5 Å². The van der Waals surface area contributed by atoms with Crippen molar-refractivity contribution in [2.45, 2.75) is 94.5 Å². The van der Waals surface area contributed by atoms with Crippen molar-refractivity contribution >= 4 is 23.5 Å². The van der Waals surface area contributed by atoms with Crippen molar-refractivity contribution in [3.8, 4) is 0 Å². The van der Waals surface area contributed by atoms with Crippen molar-refractivity contribution < 1.29 is 0 Å². The molecular formula is C20H35S2. The van der Waals surface area contributed by atoms with Gasteiger partial charge in [-0.05, 0) is 67.8 Å². The fourth-order valence-electron chi connectivity index (χ4n) is 4.91. The molecule has 3 rings (SSSR count). The predicted molar refractivity (Wildman–Crippen MR) is 104 cm³/mol. The van der Waals surface area contributed by atoms with Gasteiger partial charge < -0.3 is 0 Å². The maximum Gasteiger partial charge on any atom is 0.0112 e. The molecule has 2 heterocycles. The maximum atomic E-state index is 2.62. The molecule has 0 nitrogen and oxygen atoms in total. The predicted octanol–water partition coefficient (Wildman–Crippen LogP) is 6.74. The van der Waals surface area contributed by atoms with Crippen LogP contribution in [-0.2, 0) is 0 Å². The van der Waals surface area contributed by atoms with Crippen molar-refractivity contribution in [1.29, 1.82) is 0 Å². The molecule has 22 heavy (non-hydrogen) atoms. The third-order valence-electron chi connectivity index (χ3n) is 6.27. The SMILES string of the molecule is CC1[C](C2CCCCS2)CCCCCCC1C1CCCCS1. The molecule has 0 aromatic heterocycles. The minimum absolute atomic E-state index is 0.893. The fraction of sp³-hybridized carbons (Fsp3) is 0.950. The van der Waals surface area contributed by atoms with Gasteiger partial charge in [-0.2, -0.15) is 23.5 Å². The van der Waals surface area contributed by atoms with E-state index in [4.69, 9.17) is 0 Å². The van der Waals surface area contributed by atoms with Gasteiger partial charge >= 0.3 is 0 Å². The lowest BCUT2D eigenvalue weighted by molar-refractivity contribution is 0.303. The molecule has 2 heteroatoms. The van der Waals surface area contributed by atoms with Crippen molar-refractivity contribution in [1.82, 2.24) is 0 Å². The van der Waals surface area contributed by atoms with Crippen molar-refractivity contribution in [2.24, 2.45) is 11.8 Å². The zero-order valence-corrected chi connectivity index (χ0v) is 16.2. The summed E-state index contributed by atoms with van der Waals surface area (Å²) in [7, 11) is 0. The van der Waals surface area contributed by atoms with Gasteiger partial charge in [0.1, 0.15) is 0 Å². The summed E-state index contributed by atoms with van der Waals surface area (Å²) in [4.78, 5) is 0. The summed E-state index contributed by atoms with van der Waals surface area (Å²) < 4.78 is 0. The second kappa shape index (κ2) is 9.25. The normalized spacial score (nSPS) is 39.7. The minimum atomic E-state index is 0.893. The molecule has 1 aliphatic carbocycles. The molecule has 0 aromatic rings. The Bertz CT molecular complexity index is 275. The number of rotatable bonds is 2. The highest BCUT2D eigenvalue weighted by Crippen LogP contribution is 2.47. The summed E-state index contributed by atoms with van der Waals surface area (Å²) in [6, 6.07) is 0. The van der Waals surface area contributed by atoms with Gasteiger partial charge in [0.2, 0.25) is 0 Å². The second-order valence-corrected chi connectivity index (χ2v) is 10.4. The summed E-state index contributed by atoms with van der Waals surface area (Å²) in [5.74, 6) is 6.72. The molecule has 0 amide bonds. The summed E-state index contributed by atoms with van der Waals surface area (Å²) in [5.41, 5.74) is 0. The van der Waals surface area contributed by atoms with E-state index in [1.807, 2.05) is 5.92 Å². The van der Waals surface area contributed by atoms with E-state index >= 15 is 0 Å². The van der Waals surface area contributed by atoms with E-state index in [1.165, 1.54) is 88.6 Å². The van der Waals surface area contributed by atoms with Crippen LogP contribution in [0.5, 0.6) is 0 Å². The topological polar surface area (TPSA) is 0 Å². The molecule has 4 unspecified atom stereocenters. The summed E-state index contributed by atoms with van der Waals surface area (Å²) in [5, 5.41) is 1.89. The summed E-state index contributed by atoms with van der Waals surface area (Å²) in [6.45, 7) is 2.62. The third kappa shape index (κ3) is 4.62. The van der Waals surface area contributed by atoms with Crippen LogP contribution in [0.4, 0.5) is 0 Å². The molecule has 3 aliphatic rings. The number of thioether (sulfide) groups is 2. The highest BCUT2D eigenvalue weighted by Gasteiger charge is 2.37. The molecule has 4 atom stereocenters. The first-order chi connectivity index (χ1) is 10.9.